The molecule has 2 aromatic rings. The number of azo groups is 1. The first-order chi connectivity index (χ1) is 15.4. The van der Waals surface area contributed by atoms with Gasteiger partial charge in [-0.3, -0.25) is 9.59 Å². The number of hydrogen-bond acceptors (Lipinski definition) is 8. The number of ether oxygens (including phenoxy) is 4. The summed E-state index contributed by atoms with van der Waals surface area (Å²) in [6.07, 6.45) is 0. The fraction of sp³-hybridized carbons (Fsp3) is 0.364. The minimum atomic E-state index is -1.45. The van der Waals surface area contributed by atoms with Gasteiger partial charge in [0.15, 0.2) is 17.3 Å². The first kappa shape index (κ1) is 24.9. The molecule has 0 bridgehead atoms. The average molecular weight is 464 g/mol. The molecule has 1 amide bonds. The number of nitrogens with zero attached hydrogens (tertiary/aromatic N) is 3. The summed E-state index contributed by atoms with van der Waals surface area (Å²) in [6, 6.07) is 8.27. The van der Waals surface area contributed by atoms with Crippen molar-refractivity contribution in [3.05, 3.63) is 36.4 Å². The number of hydrogen-bond donors (Lipinski definition) is 0. The maximum Gasteiger partial charge on any atom is 0.276 e. The molecular weight excluding hydrogens is 438 g/mol. The molecule has 0 spiro atoms. The molecule has 32 heavy (non-hydrogen) atoms. The predicted octanol–water partition coefficient (Wildman–Crippen LogP) is 4.73. The molecule has 172 valence electrons. The zero-order chi connectivity index (χ0) is 23.7. The van der Waals surface area contributed by atoms with Crippen LogP contribution in [0.5, 0.6) is 23.0 Å². The molecule has 1 atom stereocenters. The van der Waals surface area contributed by atoms with Gasteiger partial charge in [0.2, 0.25) is 6.04 Å². The van der Waals surface area contributed by atoms with Crippen LogP contribution in [0.3, 0.4) is 0 Å². The second-order valence-electron chi connectivity index (χ2n) is 6.38. The maximum atomic E-state index is 13.0. The molecule has 0 aliphatic carbocycles. The van der Waals surface area contributed by atoms with Crippen LogP contribution >= 0.6 is 11.8 Å². The van der Waals surface area contributed by atoms with Gasteiger partial charge in [0.05, 0.1) is 33.1 Å². The summed E-state index contributed by atoms with van der Waals surface area (Å²) in [7, 11) is 2.99. The number of halogens is 1. The highest BCUT2D eigenvalue weighted by atomic mass is 35.5. The van der Waals surface area contributed by atoms with Crippen LogP contribution in [0.15, 0.2) is 46.6 Å². The van der Waals surface area contributed by atoms with Crippen molar-refractivity contribution in [3.8, 4) is 23.0 Å². The van der Waals surface area contributed by atoms with Crippen molar-refractivity contribution in [3.63, 3.8) is 0 Å². The number of ketones is 1. The van der Waals surface area contributed by atoms with Crippen molar-refractivity contribution < 1.29 is 28.5 Å². The molecule has 9 nitrogen and oxygen atoms in total. The van der Waals surface area contributed by atoms with Crippen LogP contribution in [0.2, 0.25) is 0 Å². The third kappa shape index (κ3) is 6.10. The first-order valence-electron chi connectivity index (χ1n) is 9.88. The largest absolute Gasteiger partial charge is 0.494 e. The Morgan fingerprint density at radius 1 is 0.969 bits per heavy atom. The van der Waals surface area contributed by atoms with Crippen LogP contribution in [-0.2, 0) is 9.59 Å². The standard InChI is InChI=1S/C22H26ClN3O6/c1-6-31-16-9-11-18(32-7-2)17(13-16)26(23)22(28)21(14(3)27)25-24-15-8-10-19(29-4)20(12-15)30-5/h8-13,21H,6-7H2,1-5H3. The summed E-state index contributed by atoms with van der Waals surface area (Å²) >= 11 is 6.34. The van der Waals surface area contributed by atoms with Gasteiger partial charge in [0, 0.05) is 23.9 Å². The Bertz CT molecular complexity index is 982. The molecule has 10 heteroatoms. The normalized spacial score (nSPS) is 11.7. The van der Waals surface area contributed by atoms with E-state index in [1.807, 2.05) is 6.92 Å². The minimum Gasteiger partial charge on any atom is -0.494 e. The van der Waals surface area contributed by atoms with Crippen molar-refractivity contribution in [2.75, 3.05) is 31.9 Å². The van der Waals surface area contributed by atoms with E-state index in [1.165, 1.54) is 21.1 Å². The van der Waals surface area contributed by atoms with E-state index in [4.69, 9.17) is 30.7 Å². The number of methoxy groups -OCH3 is 2. The molecule has 0 aliphatic rings. The van der Waals surface area contributed by atoms with Crippen LogP contribution in [0, 0.1) is 0 Å². The van der Waals surface area contributed by atoms with Gasteiger partial charge in [-0.25, -0.2) is 4.42 Å². The number of Topliss-reactive ketones (excluding diaryl/α,β-unsaturated/α-hetero) is 1. The summed E-state index contributed by atoms with van der Waals surface area (Å²) in [6.45, 7) is 5.66. The number of anilines is 1. The van der Waals surface area contributed by atoms with Gasteiger partial charge in [0.1, 0.15) is 17.2 Å². The smallest absolute Gasteiger partial charge is 0.276 e. The molecule has 0 aromatic heterocycles. The molecule has 0 saturated heterocycles. The molecule has 2 rings (SSSR count). The molecular formula is C22H26ClN3O6. The van der Waals surface area contributed by atoms with E-state index < -0.39 is 17.7 Å². The molecule has 2 aromatic carbocycles. The molecule has 0 N–H and O–H groups in total. The Kier molecular flexibility index (Phi) is 9.27. The van der Waals surface area contributed by atoms with Crippen molar-refractivity contribution >= 4 is 34.8 Å². The highest BCUT2D eigenvalue weighted by Gasteiger charge is 2.30. The quantitative estimate of drug-likeness (QED) is 0.271. The Balaban J connectivity index is 2.34. The van der Waals surface area contributed by atoms with E-state index in [1.54, 1.807) is 43.3 Å². The fourth-order valence-corrected chi connectivity index (χ4v) is 2.95. The summed E-state index contributed by atoms with van der Waals surface area (Å²) in [5.74, 6) is 0.494. The van der Waals surface area contributed by atoms with Gasteiger partial charge in [-0.2, -0.15) is 10.2 Å². The number of benzene rings is 2. The van der Waals surface area contributed by atoms with Crippen molar-refractivity contribution in [2.24, 2.45) is 10.2 Å². The molecule has 1 unspecified atom stereocenters. The zero-order valence-electron chi connectivity index (χ0n) is 18.6. The fourth-order valence-electron chi connectivity index (χ4n) is 2.73. The van der Waals surface area contributed by atoms with Gasteiger partial charge in [-0.05, 0) is 45.0 Å². The van der Waals surface area contributed by atoms with Crippen molar-refractivity contribution in [1.82, 2.24) is 0 Å². The Hall–Kier alpha value is -3.33. The van der Waals surface area contributed by atoms with E-state index in [2.05, 4.69) is 10.2 Å². The lowest BCUT2D eigenvalue weighted by molar-refractivity contribution is -0.126. The van der Waals surface area contributed by atoms with Crippen molar-refractivity contribution in [1.29, 1.82) is 0 Å². The van der Waals surface area contributed by atoms with Gasteiger partial charge < -0.3 is 18.9 Å². The minimum absolute atomic E-state index is 0.233. The number of amides is 1. The highest BCUT2D eigenvalue weighted by Crippen LogP contribution is 2.35. The average Bonchev–Trinajstić information content (AvgIpc) is 2.79. The van der Waals surface area contributed by atoms with E-state index in [-0.39, 0.29) is 5.69 Å². The van der Waals surface area contributed by atoms with Crippen molar-refractivity contribution in [2.45, 2.75) is 26.8 Å². The molecule has 0 aliphatic heterocycles. The van der Waals surface area contributed by atoms with Crippen LogP contribution in [0.4, 0.5) is 11.4 Å². The lowest BCUT2D eigenvalue weighted by Gasteiger charge is -2.20. The van der Waals surface area contributed by atoms with Crippen LogP contribution in [0.25, 0.3) is 0 Å². The molecule has 0 heterocycles. The molecule has 0 saturated carbocycles. The monoisotopic (exact) mass is 463 g/mol. The van der Waals surface area contributed by atoms with E-state index in [0.717, 1.165) is 4.42 Å². The van der Waals surface area contributed by atoms with Gasteiger partial charge in [-0.1, -0.05) is 0 Å². The van der Waals surface area contributed by atoms with Crippen LogP contribution in [0.1, 0.15) is 20.8 Å². The third-order valence-corrected chi connectivity index (χ3v) is 4.57. The lowest BCUT2D eigenvalue weighted by atomic mass is 10.2. The highest BCUT2D eigenvalue weighted by molar-refractivity contribution is 6.39. The van der Waals surface area contributed by atoms with E-state index in [9.17, 15) is 9.59 Å². The zero-order valence-corrected chi connectivity index (χ0v) is 19.4. The summed E-state index contributed by atoms with van der Waals surface area (Å²) in [5, 5.41) is 7.96. The summed E-state index contributed by atoms with van der Waals surface area (Å²) < 4.78 is 22.2. The predicted molar refractivity (Wildman–Crippen MR) is 121 cm³/mol. The Morgan fingerprint density at radius 3 is 2.22 bits per heavy atom. The van der Waals surface area contributed by atoms with E-state index in [0.29, 0.717) is 41.9 Å². The van der Waals surface area contributed by atoms with Gasteiger partial charge in [-0.15, -0.1) is 0 Å². The summed E-state index contributed by atoms with van der Waals surface area (Å²) in [5.41, 5.74) is 0.605. The summed E-state index contributed by atoms with van der Waals surface area (Å²) in [4.78, 5) is 25.2. The number of carbonyl (C=O) groups is 2. The lowest BCUT2D eigenvalue weighted by Crippen LogP contribution is -2.36. The Labute approximate surface area is 192 Å². The Morgan fingerprint density at radius 2 is 1.62 bits per heavy atom. The topological polar surface area (TPSA) is 99.0 Å². The van der Waals surface area contributed by atoms with E-state index >= 15 is 0 Å². The van der Waals surface area contributed by atoms with Gasteiger partial charge >= 0.3 is 0 Å². The molecule has 0 fully saturated rings. The first-order valence-corrected chi connectivity index (χ1v) is 10.2. The SMILES string of the molecule is CCOc1ccc(OCC)c(N(Cl)C(=O)C(N=Nc2ccc(OC)c(OC)c2)C(C)=O)c1. The number of carbonyl (C=O) groups excluding carboxylic acids is 2. The van der Waals surface area contributed by atoms with Gasteiger partial charge in [0.25, 0.3) is 5.91 Å². The van der Waals surface area contributed by atoms with Crippen LogP contribution in [-0.4, -0.2) is 45.2 Å². The second kappa shape index (κ2) is 11.9. The maximum absolute atomic E-state index is 13.0. The third-order valence-electron chi connectivity index (χ3n) is 4.22. The van der Waals surface area contributed by atoms with Crippen LogP contribution < -0.4 is 23.4 Å². The second-order valence-corrected chi connectivity index (χ2v) is 6.72. The molecule has 0 radical (unpaired) electrons. The number of rotatable bonds is 11.